The van der Waals surface area contributed by atoms with Gasteiger partial charge in [0.15, 0.2) is 0 Å². The summed E-state index contributed by atoms with van der Waals surface area (Å²) >= 11 is 12.1. The molecule has 0 bridgehead atoms. The molecule has 0 saturated heterocycles. The van der Waals surface area contributed by atoms with E-state index in [1.807, 2.05) is 25.1 Å². The van der Waals surface area contributed by atoms with Crippen LogP contribution in [0.4, 0.5) is 4.39 Å². The van der Waals surface area contributed by atoms with Crippen LogP contribution in [0.1, 0.15) is 31.0 Å². The Morgan fingerprint density at radius 2 is 1.86 bits per heavy atom. The lowest BCUT2D eigenvalue weighted by molar-refractivity contribution is 0.476. The van der Waals surface area contributed by atoms with Crippen molar-refractivity contribution in [3.63, 3.8) is 0 Å². The molecule has 0 amide bonds. The molecule has 1 N–H and O–H groups in total. The number of rotatable bonds is 5. The molecule has 0 aliphatic heterocycles. The van der Waals surface area contributed by atoms with Gasteiger partial charge >= 0.3 is 0 Å². The summed E-state index contributed by atoms with van der Waals surface area (Å²) in [6.07, 6.45) is 0.865. The van der Waals surface area contributed by atoms with Crippen molar-refractivity contribution in [3.05, 3.63) is 69.5 Å². The molecule has 0 aromatic heterocycles. The van der Waals surface area contributed by atoms with Crippen LogP contribution in [-0.2, 0) is 6.42 Å². The first-order valence-corrected chi connectivity index (χ1v) is 7.66. The van der Waals surface area contributed by atoms with Crippen LogP contribution >= 0.6 is 23.2 Å². The molecule has 0 saturated carbocycles. The average Bonchev–Trinajstić information content (AvgIpc) is 2.38. The van der Waals surface area contributed by atoms with Crippen molar-refractivity contribution < 1.29 is 4.39 Å². The second-order valence-electron chi connectivity index (χ2n) is 5.29. The van der Waals surface area contributed by atoms with Gasteiger partial charge in [0.2, 0.25) is 0 Å². The first-order valence-electron chi connectivity index (χ1n) is 6.91. The zero-order chi connectivity index (χ0) is 15.4. The Labute approximate surface area is 135 Å². The summed E-state index contributed by atoms with van der Waals surface area (Å²) in [5.74, 6) is -0.317. The van der Waals surface area contributed by atoms with E-state index in [9.17, 15) is 4.39 Å². The highest BCUT2D eigenvalue weighted by atomic mass is 35.5. The molecule has 112 valence electrons. The predicted molar refractivity (Wildman–Crippen MR) is 87.6 cm³/mol. The van der Waals surface area contributed by atoms with E-state index in [0.29, 0.717) is 5.02 Å². The summed E-state index contributed by atoms with van der Waals surface area (Å²) in [6, 6.07) is 12.6. The lowest BCUT2D eigenvalue weighted by Crippen LogP contribution is -2.30. The highest BCUT2D eigenvalue weighted by Crippen LogP contribution is 2.24. The van der Waals surface area contributed by atoms with Crippen molar-refractivity contribution in [1.82, 2.24) is 5.32 Å². The first kappa shape index (κ1) is 16.3. The van der Waals surface area contributed by atoms with Gasteiger partial charge in [-0.3, -0.25) is 0 Å². The van der Waals surface area contributed by atoms with E-state index < -0.39 is 0 Å². The van der Waals surface area contributed by atoms with Crippen LogP contribution in [0, 0.1) is 5.82 Å². The Bertz CT molecular complexity index is 615. The maximum absolute atomic E-state index is 13.1. The third-order valence-corrected chi connectivity index (χ3v) is 3.96. The van der Waals surface area contributed by atoms with Crippen molar-refractivity contribution in [2.75, 3.05) is 0 Å². The zero-order valence-electron chi connectivity index (χ0n) is 12.0. The van der Waals surface area contributed by atoms with Gasteiger partial charge in [-0.15, -0.1) is 0 Å². The lowest BCUT2D eigenvalue weighted by atomic mass is 10.0. The Kier molecular flexibility index (Phi) is 5.63. The smallest absolute Gasteiger partial charge is 0.124 e. The maximum Gasteiger partial charge on any atom is 0.124 e. The van der Waals surface area contributed by atoms with Crippen LogP contribution in [0.25, 0.3) is 0 Å². The quantitative estimate of drug-likeness (QED) is 0.774. The molecule has 2 unspecified atom stereocenters. The SMILES string of the molecule is CC(Cc1cccc(Cl)c1)NC(C)c1ccc(F)cc1Cl. The Balaban J connectivity index is 2.00. The topological polar surface area (TPSA) is 12.0 Å². The fourth-order valence-corrected chi connectivity index (χ4v) is 2.99. The number of nitrogens with one attached hydrogen (secondary N) is 1. The van der Waals surface area contributed by atoms with Gasteiger partial charge in [-0.1, -0.05) is 41.4 Å². The summed E-state index contributed by atoms with van der Waals surface area (Å²) in [6.45, 7) is 4.13. The molecule has 0 heterocycles. The zero-order valence-corrected chi connectivity index (χ0v) is 13.5. The van der Waals surface area contributed by atoms with Gasteiger partial charge < -0.3 is 5.32 Å². The molecule has 2 rings (SSSR count). The molecule has 0 aliphatic carbocycles. The predicted octanol–water partition coefficient (Wildman–Crippen LogP) is 5.41. The van der Waals surface area contributed by atoms with Crippen molar-refractivity contribution in [1.29, 1.82) is 0 Å². The summed E-state index contributed by atoms with van der Waals surface area (Å²) in [4.78, 5) is 0. The number of hydrogen-bond acceptors (Lipinski definition) is 1. The van der Waals surface area contributed by atoms with Crippen LogP contribution in [0.5, 0.6) is 0 Å². The molecule has 2 atom stereocenters. The summed E-state index contributed by atoms with van der Waals surface area (Å²) in [5, 5.41) is 4.67. The fourth-order valence-electron chi connectivity index (χ4n) is 2.45. The molecular formula is C17H18Cl2FN. The molecule has 0 aliphatic rings. The summed E-state index contributed by atoms with van der Waals surface area (Å²) in [7, 11) is 0. The standard InChI is InChI=1S/C17H18Cl2FN/c1-11(8-13-4-3-5-14(18)9-13)21-12(2)16-7-6-15(20)10-17(16)19/h3-7,9-12,21H,8H2,1-2H3. The second-order valence-corrected chi connectivity index (χ2v) is 6.13. The Hall–Kier alpha value is -1.09. The van der Waals surface area contributed by atoms with E-state index in [1.54, 1.807) is 6.07 Å². The van der Waals surface area contributed by atoms with Crippen LogP contribution < -0.4 is 5.32 Å². The van der Waals surface area contributed by atoms with E-state index in [4.69, 9.17) is 23.2 Å². The van der Waals surface area contributed by atoms with Crippen LogP contribution in [0.15, 0.2) is 42.5 Å². The Morgan fingerprint density at radius 1 is 1.10 bits per heavy atom. The number of hydrogen-bond donors (Lipinski definition) is 1. The van der Waals surface area contributed by atoms with Crippen LogP contribution in [0.3, 0.4) is 0 Å². The van der Waals surface area contributed by atoms with Gasteiger partial charge in [0.25, 0.3) is 0 Å². The minimum Gasteiger partial charge on any atom is -0.307 e. The molecule has 0 radical (unpaired) electrons. The molecule has 21 heavy (non-hydrogen) atoms. The average molecular weight is 326 g/mol. The molecular weight excluding hydrogens is 308 g/mol. The molecule has 1 nitrogen and oxygen atoms in total. The van der Waals surface area contributed by atoms with Crippen LogP contribution in [-0.4, -0.2) is 6.04 Å². The minimum atomic E-state index is -0.317. The number of halogens is 3. The summed E-state index contributed by atoms with van der Waals surface area (Å²) < 4.78 is 13.1. The van der Waals surface area contributed by atoms with Crippen molar-refractivity contribution in [3.8, 4) is 0 Å². The van der Waals surface area contributed by atoms with E-state index in [2.05, 4.69) is 18.3 Å². The third-order valence-electron chi connectivity index (χ3n) is 3.39. The molecule has 2 aromatic carbocycles. The lowest BCUT2D eigenvalue weighted by Gasteiger charge is -2.21. The Morgan fingerprint density at radius 3 is 2.52 bits per heavy atom. The van der Waals surface area contributed by atoms with E-state index >= 15 is 0 Å². The maximum atomic E-state index is 13.1. The van der Waals surface area contributed by atoms with Crippen molar-refractivity contribution >= 4 is 23.2 Å². The van der Waals surface area contributed by atoms with E-state index in [0.717, 1.165) is 17.0 Å². The van der Waals surface area contributed by atoms with E-state index in [1.165, 1.54) is 17.7 Å². The van der Waals surface area contributed by atoms with Crippen LogP contribution in [0.2, 0.25) is 10.0 Å². The van der Waals surface area contributed by atoms with Crippen molar-refractivity contribution in [2.24, 2.45) is 0 Å². The number of benzene rings is 2. The van der Waals surface area contributed by atoms with Gasteiger partial charge in [0, 0.05) is 22.1 Å². The monoisotopic (exact) mass is 325 g/mol. The van der Waals surface area contributed by atoms with Crippen molar-refractivity contribution in [2.45, 2.75) is 32.4 Å². The third kappa shape index (κ3) is 4.70. The molecule has 2 aromatic rings. The highest BCUT2D eigenvalue weighted by Gasteiger charge is 2.13. The first-order chi connectivity index (χ1) is 9.95. The van der Waals surface area contributed by atoms with Gasteiger partial charge in [0.1, 0.15) is 5.82 Å². The van der Waals surface area contributed by atoms with Gasteiger partial charge in [-0.2, -0.15) is 0 Å². The molecule has 4 heteroatoms. The largest absolute Gasteiger partial charge is 0.307 e. The van der Waals surface area contributed by atoms with Gasteiger partial charge in [0.05, 0.1) is 0 Å². The minimum absolute atomic E-state index is 0.0484. The van der Waals surface area contributed by atoms with Gasteiger partial charge in [-0.05, 0) is 55.7 Å². The normalized spacial score (nSPS) is 14.0. The highest BCUT2D eigenvalue weighted by molar-refractivity contribution is 6.31. The molecule has 0 spiro atoms. The van der Waals surface area contributed by atoms with Gasteiger partial charge in [-0.25, -0.2) is 4.39 Å². The molecule has 0 fully saturated rings. The summed E-state index contributed by atoms with van der Waals surface area (Å²) in [5.41, 5.74) is 2.08. The second kappa shape index (κ2) is 7.26. The fraction of sp³-hybridized carbons (Fsp3) is 0.294. The van der Waals surface area contributed by atoms with E-state index in [-0.39, 0.29) is 17.9 Å².